The highest BCUT2D eigenvalue weighted by atomic mass is 15.1. The summed E-state index contributed by atoms with van der Waals surface area (Å²) in [5.74, 6) is 1.02. The second-order valence-corrected chi connectivity index (χ2v) is 4.43. The first-order valence-electron chi connectivity index (χ1n) is 5.91. The molecule has 3 rings (SSSR count). The summed E-state index contributed by atoms with van der Waals surface area (Å²) in [7, 11) is 2.00. The van der Waals surface area contributed by atoms with E-state index in [1.807, 2.05) is 42.3 Å². The number of benzene rings is 1. The van der Waals surface area contributed by atoms with E-state index in [0.29, 0.717) is 0 Å². The fraction of sp³-hybridized carbons (Fsp3) is 0.231. The van der Waals surface area contributed by atoms with Gasteiger partial charge in [-0.05, 0) is 25.1 Å². The van der Waals surface area contributed by atoms with Gasteiger partial charge >= 0.3 is 0 Å². The van der Waals surface area contributed by atoms with Crippen LogP contribution in [0.15, 0.2) is 36.8 Å². The van der Waals surface area contributed by atoms with Crippen molar-refractivity contribution in [1.29, 1.82) is 0 Å². The number of rotatable bonds is 3. The molecule has 0 aliphatic carbocycles. The Labute approximate surface area is 105 Å². The molecule has 1 atom stereocenters. The van der Waals surface area contributed by atoms with E-state index in [-0.39, 0.29) is 6.04 Å². The Bertz CT molecular complexity index is 667. The molecule has 1 unspecified atom stereocenters. The van der Waals surface area contributed by atoms with Crippen molar-refractivity contribution in [2.75, 3.05) is 5.32 Å². The second kappa shape index (κ2) is 4.18. The molecule has 0 saturated heterocycles. The molecule has 2 heterocycles. The molecule has 2 aromatic heterocycles. The van der Waals surface area contributed by atoms with Crippen molar-refractivity contribution in [3.05, 3.63) is 42.6 Å². The second-order valence-electron chi connectivity index (χ2n) is 4.43. The average molecular weight is 241 g/mol. The lowest BCUT2D eigenvalue weighted by molar-refractivity contribution is 0.722. The zero-order valence-corrected chi connectivity index (χ0v) is 10.4. The van der Waals surface area contributed by atoms with Crippen LogP contribution < -0.4 is 5.32 Å². The molecule has 5 heteroatoms. The van der Waals surface area contributed by atoms with Crippen LogP contribution in [0.1, 0.15) is 18.8 Å². The summed E-state index contributed by atoms with van der Waals surface area (Å²) in [4.78, 5) is 4.35. The Hall–Kier alpha value is -2.30. The molecule has 0 saturated carbocycles. The van der Waals surface area contributed by atoms with Gasteiger partial charge in [0.05, 0.1) is 17.8 Å². The maximum atomic E-state index is 4.35. The summed E-state index contributed by atoms with van der Waals surface area (Å²) >= 11 is 0. The Morgan fingerprint density at radius 1 is 1.39 bits per heavy atom. The summed E-state index contributed by atoms with van der Waals surface area (Å²) in [6, 6.07) is 6.31. The number of nitrogens with one attached hydrogen (secondary N) is 2. The van der Waals surface area contributed by atoms with Gasteiger partial charge in [0, 0.05) is 30.5 Å². The summed E-state index contributed by atoms with van der Waals surface area (Å²) in [6.45, 7) is 2.10. The van der Waals surface area contributed by atoms with Gasteiger partial charge in [-0.25, -0.2) is 4.98 Å². The van der Waals surface area contributed by atoms with Crippen molar-refractivity contribution in [3.63, 3.8) is 0 Å². The molecule has 3 aromatic rings. The first kappa shape index (κ1) is 10.8. The molecule has 92 valence electrons. The Morgan fingerprint density at radius 2 is 2.28 bits per heavy atom. The van der Waals surface area contributed by atoms with Crippen LogP contribution >= 0.6 is 0 Å². The third-order valence-electron chi connectivity index (χ3n) is 3.07. The standard InChI is InChI=1S/C13H15N5/c1-9(13-14-5-6-18(13)2)16-11-3-4-12-10(7-11)8-15-17-12/h3-9,16H,1-2H3,(H,15,17). The first-order chi connectivity index (χ1) is 8.74. The van der Waals surface area contributed by atoms with Crippen LogP contribution in [-0.4, -0.2) is 19.7 Å². The molecule has 0 fully saturated rings. The van der Waals surface area contributed by atoms with E-state index in [2.05, 4.69) is 33.5 Å². The topological polar surface area (TPSA) is 58.5 Å². The molecule has 18 heavy (non-hydrogen) atoms. The van der Waals surface area contributed by atoms with Gasteiger partial charge in [0.1, 0.15) is 5.82 Å². The summed E-state index contributed by atoms with van der Waals surface area (Å²) < 4.78 is 2.02. The molecule has 5 nitrogen and oxygen atoms in total. The van der Waals surface area contributed by atoms with Crippen LogP contribution in [-0.2, 0) is 7.05 Å². The van der Waals surface area contributed by atoms with Gasteiger partial charge in [-0.3, -0.25) is 5.10 Å². The minimum atomic E-state index is 0.161. The smallest absolute Gasteiger partial charge is 0.130 e. The van der Waals surface area contributed by atoms with E-state index in [0.717, 1.165) is 22.4 Å². The normalized spacial score (nSPS) is 12.8. The van der Waals surface area contributed by atoms with Crippen LogP contribution in [0.5, 0.6) is 0 Å². The number of fused-ring (bicyclic) bond motifs is 1. The molecule has 2 N–H and O–H groups in total. The maximum Gasteiger partial charge on any atom is 0.130 e. The molecule has 0 aliphatic rings. The molecule has 0 radical (unpaired) electrons. The molecule has 0 bridgehead atoms. The zero-order chi connectivity index (χ0) is 12.5. The largest absolute Gasteiger partial charge is 0.375 e. The van der Waals surface area contributed by atoms with Gasteiger partial charge in [0.25, 0.3) is 0 Å². The lowest BCUT2D eigenvalue weighted by Gasteiger charge is -2.15. The van der Waals surface area contributed by atoms with Crippen LogP contribution in [0.25, 0.3) is 10.9 Å². The monoisotopic (exact) mass is 241 g/mol. The average Bonchev–Trinajstić information content (AvgIpc) is 2.96. The summed E-state index contributed by atoms with van der Waals surface area (Å²) in [6.07, 6.45) is 5.59. The lowest BCUT2D eigenvalue weighted by atomic mass is 10.2. The molecule has 0 spiro atoms. The number of imidazole rings is 1. The lowest BCUT2D eigenvalue weighted by Crippen LogP contribution is -2.11. The van der Waals surface area contributed by atoms with Crippen LogP contribution in [0, 0.1) is 0 Å². The third kappa shape index (κ3) is 1.84. The van der Waals surface area contributed by atoms with E-state index in [1.165, 1.54) is 0 Å². The summed E-state index contributed by atoms with van der Waals surface area (Å²) in [5.41, 5.74) is 2.12. The van der Waals surface area contributed by atoms with Gasteiger partial charge in [-0.1, -0.05) is 0 Å². The fourth-order valence-corrected chi connectivity index (χ4v) is 2.14. The molecule has 0 amide bonds. The van der Waals surface area contributed by atoms with Gasteiger partial charge < -0.3 is 9.88 Å². The van der Waals surface area contributed by atoms with Crippen LogP contribution in [0.2, 0.25) is 0 Å². The number of nitrogens with zero attached hydrogens (tertiary/aromatic N) is 3. The number of hydrogen-bond donors (Lipinski definition) is 2. The van der Waals surface area contributed by atoms with Crippen molar-refractivity contribution >= 4 is 16.6 Å². The first-order valence-corrected chi connectivity index (χ1v) is 5.91. The third-order valence-corrected chi connectivity index (χ3v) is 3.07. The van der Waals surface area contributed by atoms with Gasteiger partial charge in [0.15, 0.2) is 0 Å². The van der Waals surface area contributed by atoms with E-state index in [1.54, 1.807) is 0 Å². The van der Waals surface area contributed by atoms with E-state index < -0.39 is 0 Å². The quantitative estimate of drug-likeness (QED) is 0.740. The Kier molecular flexibility index (Phi) is 2.51. The fourth-order valence-electron chi connectivity index (χ4n) is 2.14. The SMILES string of the molecule is CC(Nc1ccc2[nH]ncc2c1)c1nccn1C. The number of aromatic nitrogens is 4. The minimum absolute atomic E-state index is 0.161. The number of hydrogen-bond acceptors (Lipinski definition) is 3. The molecular weight excluding hydrogens is 226 g/mol. The highest BCUT2D eigenvalue weighted by molar-refractivity contribution is 5.81. The van der Waals surface area contributed by atoms with Crippen molar-refractivity contribution in [3.8, 4) is 0 Å². The van der Waals surface area contributed by atoms with E-state index in [4.69, 9.17) is 0 Å². The minimum Gasteiger partial charge on any atom is -0.375 e. The van der Waals surface area contributed by atoms with Crippen molar-refractivity contribution in [1.82, 2.24) is 19.7 Å². The number of H-pyrrole nitrogens is 1. The predicted molar refractivity (Wildman–Crippen MR) is 71.3 cm³/mol. The molecule has 1 aromatic carbocycles. The Balaban J connectivity index is 1.85. The van der Waals surface area contributed by atoms with Gasteiger partial charge in [-0.2, -0.15) is 5.10 Å². The van der Waals surface area contributed by atoms with Crippen LogP contribution in [0.3, 0.4) is 0 Å². The van der Waals surface area contributed by atoms with Gasteiger partial charge in [0.2, 0.25) is 0 Å². The van der Waals surface area contributed by atoms with Crippen molar-refractivity contribution < 1.29 is 0 Å². The van der Waals surface area contributed by atoms with Crippen LogP contribution in [0.4, 0.5) is 5.69 Å². The maximum absolute atomic E-state index is 4.35. The predicted octanol–water partition coefficient (Wildman–Crippen LogP) is 2.47. The summed E-state index contributed by atoms with van der Waals surface area (Å²) in [5, 5.41) is 11.5. The zero-order valence-electron chi connectivity index (χ0n) is 10.4. The van der Waals surface area contributed by atoms with E-state index in [9.17, 15) is 0 Å². The number of anilines is 1. The van der Waals surface area contributed by atoms with Gasteiger partial charge in [-0.15, -0.1) is 0 Å². The van der Waals surface area contributed by atoms with E-state index >= 15 is 0 Å². The Morgan fingerprint density at radius 3 is 3.06 bits per heavy atom. The van der Waals surface area contributed by atoms with Crippen molar-refractivity contribution in [2.45, 2.75) is 13.0 Å². The number of aryl methyl sites for hydroxylation is 1. The molecule has 0 aliphatic heterocycles. The highest BCUT2D eigenvalue weighted by Crippen LogP contribution is 2.21. The highest BCUT2D eigenvalue weighted by Gasteiger charge is 2.10. The number of aromatic amines is 1. The van der Waals surface area contributed by atoms with Crippen molar-refractivity contribution in [2.24, 2.45) is 7.05 Å². The molecular formula is C13H15N5.